The number of aryl methyl sites for hydroxylation is 1. The topological polar surface area (TPSA) is 136 Å². The second-order valence-electron chi connectivity index (χ2n) is 13.0. The first-order valence-corrected chi connectivity index (χ1v) is 18.7. The van der Waals surface area contributed by atoms with E-state index in [0.717, 1.165) is 22.3 Å². The van der Waals surface area contributed by atoms with E-state index in [1.807, 2.05) is 106 Å². The normalized spacial score (nSPS) is 12.8. The smallest absolute Gasteiger partial charge is 0.407 e. The maximum atomic E-state index is 14.3. The quantitative estimate of drug-likeness (QED) is 0.0824. The highest BCUT2D eigenvalue weighted by atomic mass is 32.2. The number of carbonyl (C=O) groups excluding carboxylic acids is 2. The lowest BCUT2D eigenvalue weighted by Crippen LogP contribution is -2.46. The van der Waals surface area contributed by atoms with E-state index in [2.05, 4.69) is 5.32 Å². The van der Waals surface area contributed by atoms with E-state index < -0.39 is 33.0 Å². The van der Waals surface area contributed by atoms with Gasteiger partial charge in [-0.2, -0.15) is 4.31 Å². The van der Waals surface area contributed by atoms with Crippen molar-refractivity contribution in [1.82, 2.24) is 9.62 Å². The molecule has 4 rings (SSSR count). The summed E-state index contributed by atoms with van der Waals surface area (Å²) >= 11 is 0. The minimum Gasteiger partial charge on any atom is -0.453 e. The molecule has 0 spiro atoms. The molecule has 0 aromatic heterocycles. The number of amides is 1. The van der Waals surface area contributed by atoms with Crippen molar-refractivity contribution in [2.24, 2.45) is 5.92 Å². The highest BCUT2D eigenvalue weighted by Crippen LogP contribution is 2.31. The number of methoxy groups -OCH3 is 1. The SMILES string of the molecule is CC[C@H](CCc1ccccc1CC(=O)[C@@H](NC(=O)OC)C(c1ccccc1)c1ccccc1)N(CCC(C)C)S(=O)(=O)c1ccc([N+](=O)[O-])cc1. The van der Waals surface area contributed by atoms with Crippen molar-refractivity contribution in [2.45, 2.75) is 75.8 Å². The Morgan fingerprint density at radius 1 is 0.824 bits per heavy atom. The number of sulfonamides is 1. The number of nitrogens with zero attached hydrogens (tertiary/aromatic N) is 2. The van der Waals surface area contributed by atoms with Gasteiger partial charge >= 0.3 is 6.09 Å². The molecular weight excluding hydrogens is 667 g/mol. The molecule has 0 bridgehead atoms. The van der Waals surface area contributed by atoms with Crippen LogP contribution < -0.4 is 5.32 Å². The van der Waals surface area contributed by atoms with Gasteiger partial charge in [-0.25, -0.2) is 13.2 Å². The lowest BCUT2D eigenvalue weighted by Gasteiger charge is -2.31. The van der Waals surface area contributed by atoms with E-state index in [-0.39, 0.29) is 34.7 Å². The first kappa shape index (κ1) is 38.9. The molecule has 1 amide bonds. The van der Waals surface area contributed by atoms with E-state index in [1.165, 1.54) is 35.7 Å². The maximum absolute atomic E-state index is 14.3. The maximum Gasteiger partial charge on any atom is 0.407 e. The van der Waals surface area contributed by atoms with Gasteiger partial charge in [0.1, 0.15) is 6.04 Å². The molecule has 10 nitrogen and oxygen atoms in total. The van der Waals surface area contributed by atoms with Crippen molar-refractivity contribution >= 4 is 27.6 Å². The van der Waals surface area contributed by atoms with Crippen LogP contribution >= 0.6 is 0 Å². The van der Waals surface area contributed by atoms with Crippen LogP contribution in [0.2, 0.25) is 0 Å². The molecule has 0 aliphatic heterocycles. The molecule has 2 atom stereocenters. The lowest BCUT2D eigenvalue weighted by molar-refractivity contribution is -0.384. The Morgan fingerprint density at radius 2 is 1.37 bits per heavy atom. The number of ether oxygens (including phenoxy) is 1. The van der Waals surface area contributed by atoms with Gasteiger partial charge < -0.3 is 10.1 Å². The van der Waals surface area contributed by atoms with Gasteiger partial charge in [-0.3, -0.25) is 14.9 Å². The first-order chi connectivity index (χ1) is 24.5. The average molecular weight is 714 g/mol. The van der Waals surface area contributed by atoms with Crippen LogP contribution in [0.1, 0.15) is 68.2 Å². The van der Waals surface area contributed by atoms with Crippen molar-refractivity contribution in [3.63, 3.8) is 0 Å². The third kappa shape index (κ3) is 10.3. The van der Waals surface area contributed by atoms with Crippen molar-refractivity contribution in [2.75, 3.05) is 13.7 Å². The number of hydrogen-bond donors (Lipinski definition) is 1. The monoisotopic (exact) mass is 713 g/mol. The first-order valence-electron chi connectivity index (χ1n) is 17.3. The Morgan fingerprint density at radius 3 is 1.88 bits per heavy atom. The van der Waals surface area contributed by atoms with Crippen LogP contribution in [0.3, 0.4) is 0 Å². The molecule has 11 heteroatoms. The molecule has 1 N–H and O–H groups in total. The highest BCUT2D eigenvalue weighted by molar-refractivity contribution is 7.89. The van der Waals surface area contributed by atoms with Crippen molar-refractivity contribution in [3.05, 3.63) is 142 Å². The Kier molecular flexibility index (Phi) is 14.0. The minimum absolute atomic E-state index is 0.0110. The summed E-state index contributed by atoms with van der Waals surface area (Å²) in [5.41, 5.74) is 3.26. The third-order valence-electron chi connectivity index (χ3n) is 9.15. The number of non-ortho nitro benzene ring substituents is 1. The van der Waals surface area contributed by atoms with Crippen LogP contribution in [-0.2, 0) is 32.4 Å². The number of rotatable bonds is 18. The fraction of sp³-hybridized carbons (Fsp3) is 0.350. The van der Waals surface area contributed by atoms with Crippen LogP contribution in [0.5, 0.6) is 0 Å². The summed E-state index contributed by atoms with van der Waals surface area (Å²) in [5.74, 6) is -0.419. The predicted octanol–water partition coefficient (Wildman–Crippen LogP) is 7.71. The van der Waals surface area contributed by atoms with E-state index >= 15 is 0 Å². The van der Waals surface area contributed by atoms with Crippen molar-refractivity contribution < 1.29 is 27.7 Å². The molecule has 0 fully saturated rings. The van der Waals surface area contributed by atoms with Gasteiger partial charge in [-0.15, -0.1) is 0 Å². The van der Waals surface area contributed by atoms with Crippen LogP contribution in [0.15, 0.2) is 114 Å². The van der Waals surface area contributed by atoms with Gasteiger partial charge in [0, 0.05) is 37.1 Å². The second kappa shape index (κ2) is 18.4. The average Bonchev–Trinajstić information content (AvgIpc) is 3.13. The van der Waals surface area contributed by atoms with Crippen LogP contribution in [0, 0.1) is 16.0 Å². The zero-order chi connectivity index (χ0) is 37.0. The number of carbonyl (C=O) groups is 2. The minimum atomic E-state index is -3.97. The molecule has 0 radical (unpaired) electrons. The predicted molar refractivity (Wildman–Crippen MR) is 198 cm³/mol. The molecule has 0 aliphatic rings. The number of benzene rings is 4. The zero-order valence-electron chi connectivity index (χ0n) is 29.6. The standard InChI is InChI=1S/C40H47N3O7S/c1-5-34(42(27-26-29(2)3)51(48,49)36-24-22-35(23-25-36)43(46)47)21-20-30-14-12-13-19-33(30)28-37(44)39(41-40(45)50-4)38(31-15-8-6-9-16-31)32-17-10-7-11-18-32/h6-19,22-25,29,34,38-39H,5,20-21,26-28H2,1-4H3,(H,41,45)/t34-,39-/m1/s1. The van der Waals surface area contributed by atoms with Gasteiger partial charge in [0.15, 0.2) is 5.78 Å². The molecule has 4 aromatic carbocycles. The largest absolute Gasteiger partial charge is 0.453 e. The summed E-state index contributed by atoms with van der Waals surface area (Å²) in [6, 6.07) is 30.5. The molecule has 0 heterocycles. The lowest BCUT2D eigenvalue weighted by atomic mass is 9.81. The zero-order valence-corrected chi connectivity index (χ0v) is 30.4. The van der Waals surface area contributed by atoms with E-state index in [4.69, 9.17) is 4.74 Å². The van der Waals surface area contributed by atoms with Gasteiger partial charge in [0.25, 0.3) is 5.69 Å². The second-order valence-corrected chi connectivity index (χ2v) is 14.9. The Hall–Kier alpha value is -4.87. The number of alkyl carbamates (subject to hydrolysis) is 1. The summed E-state index contributed by atoms with van der Waals surface area (Å²) in [4.78, 5) is 37.6. The summed E-state index contributed by atoms with van der Waals surface area (Å²) in [6.45, 7) is 6.32. The molecule has 270 valence electrons. The molecule has 51 heavy (non-hydrogen) atoms. The number of nitrogens with one attached hydrogen (secondary N) is 1. The molecule has 4 aromatic rings. The number of Topliss-reactive ketones (excluding diaryl/α,β-unsaturated/α-hetero) is 1. The van der Waals surface area contributed by atoms with Gasteiger partial charge in [0.2, 0.25) is 10.0 Å². The number of nitro groups is 1. The van der Waals surface area contributed by atoms with Crippen molar-refractivity contribution in [3.8, 4) is 0 Å². The van der Waals surface area contributed by atoms with Crippen LogP contribution in [0.4, 0.5) is 10.5 Å². The van der Waals surface area contributed by atoms with Crippen LogP contribution in [-0.4, -0.2) is 55.3 Å². The van der Waals surface area contributed by atoms with E-state index in [1.54, 1.807) is 0 Å². The fourth-order valence-corrected chi connectivity index (χ4v) is 8.08. The Bertz CT molecular complexity index is 1810. The van der Waals surface area contributed by atoms with Gasteiger partial charge in [0.05, 0.1) is 16.9 Å². The molecular formula is C40H47N3O7S. The van der Waals surface area contributed by atoms with Crippen LogP contribution in [0.25, 0.3) is 0 Å². The number of nitro benzene ring substituents is 1. The number of hydrogen-bond acceptors (Lipinski definition) is 7. The summed E-state index contributed by atoms with van der Waals surface area (Å²) in [7, 11) is -2.70. The third-order valence-corrected chi connectivity index (χ3v) is 11.1. The Labute approximate surface area is 301 Å². The summed E-state index contributed by atoms with van der Waals surface area (Å²) in [5, 5.41) is 14.0. The van der Waals surface area contributed by atoms with Gasteiger partial charge in [-0.05, 0) is 66.0 Å². The van der Waals surface area contributed by atoms with E-state index in [9.17, 15) is 28.1 Å². The molecule has 0 saturated carbocycles. The fourth-order valence-electron chi connectivity index (χ4n) is 6.34. The van der Waals surface area contributed by atoms with Gasteiger partial charge in [-0.1, -0.05) is 106 Å². The molecule has 0 saturated heterocycles. The van der Waals surface area contributed by atoms with E-state index in [0.29, 0.717) is 32.2 Å². The Balaban J connectivity index is 1.62. The molecule has 0 unspecified atom stereocenters. The number of ketones is 1. The summed E-state index contributed by atoms with van der Waals surface area (Å²) < 4.78 is 34.5. The van der Waals surface area contributed by atoms with Crippen molar-refractivity contribution in [1.29, 1.82) is 0 Å². The molecule has 0 aliphatic carbocycles. The highest BCUT2D eigenvalue weighted by Gasteiger charge is 2.34. The summed E-state index contributed by atoms with van der Waals surface area (Å²) in [6.07, 6.45) is 1.52.